The van der Waals surface area contributed by atoms with E-state index < -0.39 is 0 Å². The van der Waals surface area contributed by atoms with Gasteiger partial charge in [-0.3, -0.25) is 0 Å². The molecule has 2 aliphatic heterocycles. The van der Waals surface area contributed by atoms with E-state index in [9.17, 15) is 0 Å². The van der Waals surface area contributed by atoms with Crippen LogP contribution in [0.5, 0.6) is 5.75 Å². The first kappa shape index (κ1) is 22.6. The third-order valence-corrected chi connectivity index (χ3v) is 6.81. The summed E-state index contributed by atoms with van der Waals surface area (Å²) >= 11 is 0. The van der Waals surface area contributed by atoms with Crippen molar-refractivity contribution in [1.82, 2.24) is 20.1 Å². The fourth-order valence-corrected chi connectivity index (χ4v) is 4.69. The minimum Gasteiger partial charge on any atom is -0.490 e. The molecule has 2 N–H and O–H groups in total. The van der Waals surface area contributed by atoms with E-state index in [0.29, 0.717) is 30.2 Å². The van der Waals surface area contributed by atoms with Crippen LogP contribution in [0, 0.1) is 5.92 Å². The summed E-state index contributed by atoms with van der Waals surface area (Å²) in [6, 6.07) is 11.1. The van der Waals surface area contributed by atoms with Gasteiger partial charge in [0.05, 0.1) is 19.0 Å². The maximum Gasteiger partial charge on any atom is 0.324 e. The third-order valence-electron chi connectivity index (χ3n) is 6.81. The number of nitrogens with zero attached hydrogens (tertiary/aromatic N) is 6. The van der Waals surface area contributed by atoms with Crippen LogP contribution < -0.4 is 20.3 Å². The molecule has 0 bridgehead atoms. The van der Waals surface area contributed by atoms with E-state index in [2.05, 4.69) is 68.0 Å². The van der Waals surface area contributed by atoms with Crippen molar-refractivity contribution in [3.63, 3.8) is 0 Å². The number of ether oxygens (including phenoxy) is 1. The molecule has 9 heteroatoms. The summed E-state index contributed by atoms with van der Waals surface area (Å²) in [5.74, 6) is 3.20. The molecule has 0 saturated carbocycles. The predicted octanol–water partition coefficient (Wildman–Crippen LogP) is 3.21. The first-order valence-corrected chi connectivity index (χ1v) is 12.2. The van der Waals surface area contributed by atoms with E-state index in [1.54, 1.807) is 12.4 Å². The Labute approximate surface area is 200 Å². The highest BCUT2D eigenvalue weighted by Gasteiger charge is 2.32. The topological polar surface area (TPSA) is 106 Å². The molecule has 0 radical (unpaired) electrons. The van der Waals surface area contributed by atoms with Gasteiger partial charge in [0.1, 0.15) is 0 Å². The Morgan fingerprint density at radius 1 is 1.06 bits per heavy atom. The van der Waals surface area contributed by atoms with Crippen LogP contribution >= 0.6 is 0 Å². The second-order valence-electron chi connectivity index (χ2n) is 9.64. The average molecular weight is 464 g/mol. The highest BCUT2D eigenvalue weighted by atomic mass is 16.5. The summed E-state index contributed by atoms with van der Waals surface area (Å²) in [5.41, 5.74) is 7.69. The molecule has 2 fully saturated rings. The SMILES string of the molecule is CC(C)c1noc(N2CCC(COc3cnc(N4C[C@H](c5ccccc5)[C@@H](N)C4)nc3)CC2)n1. The highest BCUT2D eigenvalue weighted by Crippen LogP contribution is 2.29. The smallest absolute Gasteiger partial charge is 0.324 e. The lowest BCUT2D eigenvalue weighted by Gasteiger charge is -2.30. The van der Waals surface area contributed by atoms with Gasteiger partial charge in [-0.15, -0.1) is 0 Å². The maximum atomic E-state index is 6.42. The van der Waals surface area contributed by atoms with E-state index in [0.717, 1.165) is 44.8 Å². The number of piperidine rings is 1. The van der Waals surface area contributed by atoms with Crippen LogP contribution in [-0.2, 0) is 0 Å². The highest BCUT2D eigenvalue weighted by molar-refractivity contribution is 5.38. The maximum absolute atomic E-state index is 6.42. The van der Waals surface area contributed by atoms with E-state index in [1.165, 1.54) is 5.56 Å². The minimum absolute atomic E-state index is 0.0666. The molecule has 4 heterocycles. The fraction of sp³-hybridized carbons (Fsp3) is 0.520. The molecule has 5 rings (SSSR count). The van der Waals surface area contributed by atoms with Gasteiger partial charge in [-0.05, 0) is 24.3 Å². The largest absolute Gasteiger partial charge is 0.490 e. The molecule has 2 atom stereocenters. The predicted molar refractivity (Wildman–Crippen MR) is 130 cm³/mol. The molecule has 2 aromatic heterocycles. The molecular weight excluding hydrogens is 430 g/mol. The van der Waals surface area contributed by atoms with Crippen molar-refractivity contribution in [2.45, 2.75) is 44.6 Å². The minimum atomic E-state index is 0.0666. The Hall–Kier alpha value is -3.20. The first-order valence-electron chi connectivity index (χ1n) is 12.2. The standard InChI is InChI=1S/C25H33N7O2/c1-17(2)23-29-25(34-30-23)31-10-8-18(9-11-31)16-33-20-12-27-24(28-13-20)32-14-21(22(26)15-32)19-6-4-3-5-7-19/h3-7,12-13,17-18,21-22H,8-11,14-16,26H2,1-2H3/t21-,22+/m1/s1. The van der Waals surface area contributed by atoms with Crippen molar-refractivity contribution in [1.29, 1.82) is 0 Å². The molecule has 0 unspecified atom stereocenters. The molecule has 0 aliphatic carbocycles. The van der Waals surface area contributed by atoms with E-state index in [-0.39, 0.29) is 17.9 Å². The lowest BCUT2D eigenvalue weighted by molar-refractivity contribution is 0.219. The summed E-state index contributed by atoms with van der Waals surface area (Å²) in [7, 11) is 0. The lowest BCUT2D eigenvalue weighted by Crippen LogP contribution is -2.35. The normalized spacial score (nSPS) is 21.4. The van der Waals surface area contributed by atoms with Crippen LogP contribution in [0.1, 0.15) is 49.9 Å². The third kappa shape index (κ3) is 4.99. The summed E-state index contributed by atoms with van der Waals surface area (Å²) in [6.45, 7) is 8.13. The number of anilines is 2. The number of benzene rings is 1. The summed E-state index contributed by atoms with van der Waals surface area (Å²) in [5, 5.41) is 4.07. The molecule has 0 spiro atoms. The van der Waals surface area contributed by atoms with Crippen molar-refractivity contribution in [2.75, 3.05) is 42.6 Å². The Bertz CT molecular complexity index is 1050. The zero-order valence-corrected chi connectivity index (χ0v) is 19.9. The summed E-state index contributed by atoms with van der Waals surface area (Å²) in [4.78, 5) is 17.9. The Morgan fingerprint density at radius 3 is 2.47 bits per heavy atom. The fourth-order valence-electron chi connectivity index (χ4n) is 4.69. The molecular formula is C25H33N7O2. The molecule has 180 valence electrons. The molecule has 2 saturated heterocycles. The van der Waals surface area contributed by atoms with Gasteiger partial charge in [0, 0.05) is 44.1 Å². The van der Waals surface area contributed by atoms with E-state index in [4.69, 9.17) is 15.0 Å². The van der Waals surface area contributed by atoms with Crippen LogP contribution in [-0.4, -0.2) is 58.9 Å². The van der Waals surface area contributed by atoms with Gasteiger partial charge in [0.15, 0.2) is 11.6 Å². The van der Waals surface area contributed by atoms with Gasteiger partial charge < -0.3 is 24.8 Å². The first-order chi connectivity index (χ1) is 16.6. The summed E-state index contributed by atoms with van der Waals surface area (Å²) in [6.07, 6.45) is 5.57. The number of nitrogens with two attached hydrogens (primary N) is 1. The molecule has 0 amide bonds. The molecule has 34 heavy (non-hydrogen) atoms. The van der Waals surface area contributed by atoms with Crippen LogP contribution in [0.2, 0.25) is 0 Å². The zero-order chi connectivity index (χ0) is 23.5. The van der Waals surface area contributed by atoms with Crippen molar-refractivity contribution < 1.29 is 9.26 Å². The number of aromatic nitrogens is 4. The van der Waals surface area contributed by atoms with Gasteiger partial charge in [0.25, 0.3) is 0 Å². The quantitative estimate of drug-likeness (QED) is 0.565. The molecule has 1 aromatic carbocycles. The van der Waals surface area contributed by atoms with Crippen LogP contribution in [0.25, 0.3) is 0 Å². The van der Waals surface area contributed by atoms with Gasteiger partial charge in [0.2, 0.25) is 5.95 Å². The van der Waals surface area contributed by atoms with Gasteiger partial charge in [-0.2, -0.15) is 4.98 Å². The van der Waals surface area contributed by atoms with Gasteiger partial charge >= 0.3 is 6.01 Å². The Kier molecular flexibility index (Phi) is 6.62. The Morgan fingerprint density at radius 2 is 1.79 bits per heavy atom. The molecule has 9 nitrogen and oxygen atoms in total. The van der Waals surface area contributed by atoms with Gasteiger partial charge in [-0.1, -0.05) is 49.3 Å². The van der Waals surface area contributed by atoms with Crippen molar-refractivity contribution in [3.05, 3.63) is 54.1 Å². The van der Waals surface area contributed by atoms with Gasteiger partial charge in [-0.25, -0.2) is 9.97 Å². The number of hydrogen-bond donors (Lipinski definition) is 1. The van der Waals surface area contributed by atoms with Crippen molar-refractivity contribution >= 4 is 12.0 Å². The van der Waals surface area contributed by atoms with Crippen molar-refractivity contribution in [2.24, 2.45) is 11.7 Å². The van der Waals surface area contributed by atoms with Crippen LogP contribution in [0.3, 0.4) is 0 Å². The van der Waals surface area contributed by atoms with E-state index in [1.807, 2.05) is 6.07 Å². The Balaban J connectivity index is 1.10. The number of hydrogen-bond acceptors (Lipinski definition) is 9. The van der Waals surface area contributed by atoms with E-state index >= 15 is 0 Å². The average Bonchev–Trinajstić information content (AvgIpc) is 3.52. The van der Waals surface area contributed by atoms with Crippen LogP contribution in [0.4, 0.5) is 12.0 Å². The molecule has 2 aliphatic rings. The summed E-state index contributed by atoms with van der Waals surface area (Å²) < 4.78 is 11.4. The monoisotopic (exact) mass is 463 g/mol. The molecule has 3 aromatic rings. The lowest BCUT2D eigenvalue weighted by atomic mass is 9.95. The second kappa shape index (κ2) is 9.97. The van der Waals surface area contributed by atoms with Crippen LogP contribution in [0.15, 0.2) is 47.2 Å². The van der Waals surface area contributed by atoms with Crippen molar-refractivity contribution in [3.8, 4) is 5.75 Å². The zero-order valence-electron chi connectivity index (χ0n) is 19.9. The number of rotatable bonds is 7. The second-order valence-corrected chi connectivity index (χ2v) is 9.64.